The second-order valence-electron chi connectivity index (χ2n) is 7.82. The van der Waals surface area contributed by atoms with Crippen molar-refractivity contribution in [2.45, 2.75) is 0 Å². The summed E-state index contributed by atoms with van der Waals surface area (Å²) in [4.78, 5) is 0. The Bertz CT molecular complexity index is 1330. The third kappa shape index (κ3) is 4.76. The average molecular weight is 428 g/mol. The molecule has 0 radical (unpaired) electrons. The van der Waals surface area contributed by atoms with Gasteiger partial charge in [0.05, 0.1) is 23.3 Å². The topological polar surface area (TPSA) is 31.5 Å². The molecule has 2 heteroatoms. The lowest BCUT2D eigenvalue weighted by atomic mass is 10.0. The number of para-hydroxylation sites is 1. The van der Waals surface area contributed by atoms with Crippen LogP contribution in [0.25, 0.3) is 45.9 Å². The Morgan fingerprint density at radius 1 is 0.485 bits per heavy atom. The van der Waals surface area contributed by atoms with Gasteiger partial charge in [-0.1, -0.05) is 91.0 Å². The number of benzene rings is 4. The number of phenolic OH excluding ortho intramolecular Hbond substituents is 1. The molecule has 5 rings (SSSR count). The van der Waals surface area contributed by atoms with Crippen molar-refractivity contribution in [3.63, 3.8) is 0 Å². The van der Waals surface area contributed by atoms with Gasteiger partial charge in [0.25, 0.3) is 0 Å². The Morgan fingerprint density at radius 3 is 1.67 bits per heavy atom. The van der Waals surface area contributed by atoms with Crippen molar-refractivity contribution < 1.29 is 9.52 Å². The molecule has 5 aromatic rings. The predicted molar refractivity (Wildman–Crippen MR) is 136 cm³/mol. The summed E-state index contributed by atoms with van der Waals surface area (Å²) in [6.07, 6.45) is 3.91. The molecule has 0 unspecified atom stereocenters. The lowest BCUT2D eigenvalue weighted by Crippen LogP contribution is -1.86. The largest absolute Gasteiger partial charge is 0.507 e. The molecule has 2 nitrogen and oxygen atoms in total. The number of rotatable bonds is 5. The highest BCUT2D eigenvalue weighted by molar-refractivity contribution is 5.76. The zero-order chi connectivity index (χ0) is 22.5. The Kier molecular flexibility index (Phi) is 5.81. The van der Waals surface area contributed by atoms with Crippen LogP contribution in [0.1, 0.15) is 11.1 Å². The summed E-state index contributed by atoms with van der Waals surface area (Å²) in [5.41, 5.74) is 6.14. The number of aromatic hydroxyl groups is 1. The zero-order valence-electron chi connectivity index (χ0n) is 18.1. The van der Waals surface area contributed by atoms with Crippen LogP contribution < -0.4 is 0 Å². The SMILES string of the molecule is Oc1ccccc1/C=C/c1ccc(-c2cc(-c3ccccc3)cc(-c3ccccc3)[o+]2)cc1. The van der Waals surface area contributed by atoms with Gasteiger partial charge in [-0.15, -0.1) is 0 Å². The van der Waals surface area contributed by atoms with E-state index < -0.39 is 0 Å². The maximum Gasteiger partial charge on any atom is 0.361 e. The van der Waals surface area contributed by atoms with E-state index in [9.17, 15) is 5.11 Å². The van der Waals surface area contributed by atoms with E-state index in [2.05, 4.69) is 60.7 Å². The highest BCUT2D eigenvalue weighted by atomic mass is 16.3. The molecule has 158 valence electrons. The van der Waals surface area contributed by atoms with Crippen LogP contribution in [0.3, 0.4) is 0 Å². The number of phenols is 1. The van der Waals surface area contributed by atoms with Gasteiger partial charge in [0.2, 0.25) is 0 Å². The molecule has 0 fully saturated rings. The second kappa shape index (κ2) is 9.37. The molecular weight excluding hydrogens is 404 g/mol. The first-order valence-electron chi connectivity index (χ1n) is 10.9. The highest BCUT2D eigenvalue weighted by Crippen LogP contribution is 2.33. The average Bonchev–Trinajstić information content (AvgIpc) is 2.89. The van der Waals surface area contributed by atoms with Crippen LogP contribution in [0.5, 0.6) is 5.75 Å². The molecule has 0 saturated carbocycles. The summed E-state index contributed by atoms with van der Waals surface area (Å²) >= 11 is 0. The van der Waals surface area contributed by atoms with Crippen LogP contribution >= 0.6 is 0 Å². The molecular formula is C31H23O2+. The van der Waals surface area contributed by atoms with Crippen LogP contribution in [0.2, 0.25) is 0 Å². The van der Waals surface area contributed by atoms with Crippen molar-refractivity contribution in [2.24, 2.45) is 0 Å². The van der Waals surface area contributed by atoms with E-state index in [-0.39, 0.29) is 5.75 Å². The van der Waals surface area contributed by atoms with Gasteiger partial charge in [-0.2, -0.15) is 0 Å². The lowest BCUT2D eigenvalue weighted by Gasteiger charge is -2.02. The van der Waals surface area contributed by atoms with Crippen LogP contribution in [-0.2, 0) is 0 Å². The van der Waals surface area contributed by atoms with E-state index in [1.165, 1.54) is 0 Å². The molecule has 0 spiro atoms. The van der Waals surface area contributed by atoms with Crippen molar-refractivity contribution in [3.05, 3.63) is 132 Å². The van der Waals surface area contributed by atoms with Gasteiger partial charge in [-0.25, -0.2) is 4.42 Å². The van der Waals surface area contributed by atoms with Gasteiger partial charge in [0.1, 0.15) is 5.75 Å². The van der Waals surface area contributed by atoms with Crippen LogP contribution in [0, 0.1) is 0 Å². The Morgan fingerprint density at radius 2 is 1.03 bits per heavy atom. The fourth-order valence-electron chi connectivity index (χ4n) is 3.76. The fourth-order valence-corrected chi connectivity index (χ4v) is 3.76. The quantitative estimate of drug-likeness (QED) is 0.225. The second-order valence-corrected chi connectivity index (χ2v) is 7.82. The third-order valence-electron chi connectivity index (χ3n) is 5.55. The summed E-state index contributed by atoms with van der Waals surface area (Å²) in [6.45, 7) is 0. The molecule has 1 N–H and O–H groups in total. The molecule has 0 aliphatic carbocycles. The van der Waals surface area contributed by atoms with Gasteiger partial charge >= 0.3 is 11.5 Å². The minimum Gasteiger partial charge on any atom is -0.507 e. The first-order valence-corrected chi connectivity index (χ1v) is 10.9. The van der Waals surface area contributed by atoms with Crippen LogP contribution in [0.15, 0.2) is 126 Å². The standard InChI is InChI=1S/C31H22O2/c32-29-14-8-7-11-25(29)18-15-23-16-19-27(20-17-23)31-22-28(24-9-3-1-4-10-24)21-30(33-31)26-12-5-2-6-13-26/h1-22H/p+1/b18-15+. The van der Waals surface area contributed by atoms with Crippen molar-refractivity contribution in [2.75, 3.05) is 0 Å². The Balaban J connectivity index is 1.51. The van der Waals surface area contributed by atoms with Gasteiger partial charge in [0, 0.05) is 11.1 Å². The smallest absolute Gasteiger partial charge is 0.361 e. The molecule has 0 atom stereocenters. The maximum absolute atomic E-state index is 9.96. The van der Waals surface area contributed by atoms with Crippen molar-refractivity contribution in [3.8, 4) is 39.5 Å². The fraction of sp³-hybridized carbons (Fsp3) is 0. The summed E-state index contributed by atoms with van der Waals surface area (Å²) in [5, 5.41) is 9.96. The molecule has 33 heavy (non-hydrogen) atoms. The van der Waals surface area contributed by atoms with Gasteiger partial charge in [-0.05, 0) is 41.5 Å². The number of hydrogen-bond donors (Lipinski definition) is 1. The normalized spacial score (nSPS) is 11.0. The highest BCUT2D eigenvalue weighted by Gasteiger charge is 2.20. The van der Waals surface area contributed by atoms with E-state index in [0.29, 0.717) is 0 Å². The molecule has 0 bridgehead atoms. The van der Waals surface area contributed by atoms with E-state index in [4.69, 9.17) is 4.42 Å². The van der Waals surface area contributed by atoms with E-state index >= 15 is 0 Å². The third-order valence-corrected chi connectivity index (χ3v) is 5.55. The maximum atomic E-state index is 9.96. The minimum absolute atomic E-state index is 0.273. The molecule has 0 aliphatic heterocycles. The molecule has 0 amide bonds. The molecule has 4 aromatic carbocycles. The van der Waals surface area contributed by atoms with E-state index in [0.717, 1.165) is 44.9 Å². The van der Waals surface area contributed by atoms with E-state index in [1.807, 2.05) is 66.7 Å². The summed E-state index contributed by atoms with van der Waals surface area (Å²) in [7, 11) is 0. The summed E-state index contributed by atoms with van der Waals surface area (Å²) in [5.74, 6) is 1.91. The molecule has 0 aliphatic rings. The molecule has 1 heterocycles. The Hall–Kier alpha value is -4.43. The monoisotopic (exact) mass is 427 g/mol. The first-order chi connectivity index (χ1) is 16.3. The Labute approximate surface area is 193 Å². The van der Waals surface area contributed by atoms with Gasteiger partial charge in [-0.3, -0.25) is 0 Å². The van der Waals surface area contributed by atoms with Crippen molar-refractivity contribution in [1.29, 1.82) is 0 Å². The molecule has 0 saturated heterocycles. The summed E-state index contributed by atoms with van der Waals surface area (Å²) in [6, 6.07) is 40.2. The van der Waals surface area contributed by atoms with Crippen LogP contribution in [-0.4, -0.2) is 5.11 Å². The number of hydrogen-bond acceptors (Lipinski definition) is 1. The molecule has 1 aromatic heterocycles. The van der Waals surface area contributed by atoms with Crippen molar-refractivity contribution in [1.82, 2.24) is 0 Å². The minimum atomic E-state index is 0.273. The summed E-state index contributed by atoms with van der Waals surface area (Å²) < 4.78 is 6.35. The van der Waals surface area contributed by atoms with Gasteiger partial charge < -0.3 is 5.11 Å². The van der Waals surface area contributed by atoms with Crippen LogP contribution in [0.4, 0.5) is 0 Å². The lowest BCUT2D eigenvalue weighted by molar-refractivity contribution is 0.474. The van der Waals surface area contributed by atoms with Crippen molar-refractivity contribution >= 4 is 12.2 Å². The first kappa shape index (κ1) is 20.5. The predicted octanol–water partition coefficient (Wildman–Crippen LogP) is 8.44. The van der Waals surface area contributed by atoms with E-state index in [1.54, 1.807) is 6.07 Å². The van der Waals surface area contributed by atoms with Gasteiger partial charge in [0.15, 0.2) is 0 Å². The zero-order valence-corrected chi connectivity index (χ0v) is 18.1.